The highest BCUT2D eigenvalue weighted by Crippen LogP contribution is 2.39. The number of rotatable bonds is 5. The maximum Gasteiger partial charge on any atom is 0.407 e. The van der Waals surface area contributed by atoms with Gasteiger partial charge in [0, 0.05) is 42.2 Å². The zero-order valence-electron chi connectivity index (χ0n) is 19.8. The Morgan fingerprint density at radius 2 is 2.08 bits per heavy atom. The lowest BCUT2D eigenvalue weighted by Crippen LogP contribution is -2.40. The SMILES string of the molecule is C=Cc1cnc(N)c2c(-c3ccc(C(=O)Nc4ccccn4)cc3Cl)nn(C3CCCN(C(=O)O)C3)c12. The molecule has 1 saturated heterocycles. The minimum Gasteiger partial charge on any atom is -0.465 e. The van der Waals surface area contributed by atoms with E-state index in [9.17, 15) is 14.7 Å². The van der Waals surface area contributed by atoms with Crippen LogP contribution in [0.25, 0.3) is 28.2 Å². The molecule has 1 aliphatic heterocycles. The summed E-state index contributed by atoms with van der Waals surface area (Å²) in [7, 11) is 0. The molecule has 4 N–H and O–H groups in total. The fraction of sp³-hybridized carbons (Fsp3) is 0.192. The molecule has 10 nitrogen and oxygen atoms in total. The van der Waals surface area contributed by atoms with E-state index in [4.69, 9.17) is 22.4 Å². The lowest BCUT2D eigenvalue weighted by atomic mass is 10.0. The number of aromatic nitrogens is 4. The van der Waals surface area contributed by atoms with Crippen LogP contribution in [0.3, 0.4) is 0 Å². The molecule has 2 amide bonds. The fourth-order valence-electron chi connectivity index (χ4n) is 4.62. The third kappa shape index (κ3) is 4.58. The van der Waals surface area contributed by atoms with Gasteiger partial charge in [-0.3, -0.25) is 9.48 Å². The maximum atomic E-state index is 12.7. The Kier molecular flexibility index (Phi) is 6.49. The van der Waals surface area contributed by atoms with Crippen molar-refractivity contribution in [3.05, 3.63) is 71.5 Å². The van der Waals surface area contributed by atoms with Crippen LogP contribution in [-0.2, 0) is 0 Å². The number of carbonyl (C=O) groups excluding carboxylic acids is 1. The van der Waals surface area contributed by atoms with Gasteiger partial charge in [0.1, 0.15) is 17.3 Å². The number of hydrogen-bond acceptors (Lipinski definition) is 6. The van der Waals surface area contributed by atoms with Gasteiger partial charge in [-0.05, 0) is 37.1 Å². The highest BCUT2D eigenvalue weighted by atomic mass is 35.5. The summed E-state index contributed by atoms with van der Waals surface area (Å²) in [5, 5.41) is 18.1. The smallest absolute Gasteiger partial charge is 0.407 e. The Labute approximate surface area is 217 Å². The fourth-order valence-corrected chi connectivity index (χ4v) is 4.89. The van der Waals surface area contributed by atoms with Crippen LogP contribution in [0.15, 0.2) is 55.4 Å². The predicted octanol–water partition coefficient (Wildman–Crippen LogP) is 4.94. The predicted molar refractivity (Wildman–Crippen MR) is 143 cm³/mol. The number of benzene rings is 1. The molecular formula is C26H24ClN7O3. The van der Waals surface area contributed by atoms with E-state index in [-0.39, 0.29) is 17.8 Å². The molecule has 5 rings (SSSR count). The first-order valence-electron chi connectivity index (χ1n) is 11.7. The monoisotopic (exact) mass is 517 g/mol. The molecule has 0 bridgehead atoms. The van der Waals surface area contributed by atoms with Gasteiger partial charge in [0.15, 0.2) is 0 Å². The Hall–Kier alpha value is -4.44. The van der Waals surface area contributed by atoms with Crippen molar-refractivity contribution < 1.29 is 14.7 Å². The van der Waals surface area contributed by atoms with Crippen molar-refractivity contribution in [1.82, 2.24) is 24.6 Å². The molecule has 1 unspecified atom stereocenters. The van der Waals surface area contributed by atoms with Crippen molar-refractivity contribution in [3.63, 3.8) is 0 Å². The molecule has 0 radical (unpaired) electrons. The van der Waals surface area contributed by atoms with Gasteiger partial charge in [0.25, 0.3) is 5.91 Å². The molecule has 11 heteroatoms. The number of fused-ring (bicyclic) bond motifs is 1. The largest absolute Gasteiger partial charge is 0.465 e. The van der Waals surface area contributed by atoms with Crippen LogP contribution in [0.2, 0.25) is 5.02 Å². The van der Waals surface area contributed by atoms with E-state index in [1.54, 1.807) is 54.9 Å². The van der Waals surface area contributed by atoms with Gasteiger partial charge >= 0.3 is 6.09 Å². The van der Waals surface area contributed by atoms with Crippen molar-refractivity contribution in [2.45, 2.75) is 18.9 Å². The highest BCUT2D eigenvalue weighted by Gasteiger charge is 2.29. The van der Waals surface area contributed by atoms with Gasteiger partial charge in [-0.2, -0.15) is 5.10 Å². The van der Waals surface area contributed by atoms with Crippen LogP contribution in [0.1, 0.15) is 34.8 Å². The number of nitrogens with zero attached hydrogens (tertiary/aromatic N) is 5. The normalized spacial score (nSPS) is 15.5. The van der Waals surface area contributed by atoms with Crippen molar-refractivity contribution in [1.29, 1.82) is 0 Å². The van der Waals surface area contributed by atoms with Crippen molar-refractivity contribution in [2.24, 2.45) is 0 Å². The standard InChI is InChI=1S/C26H24ClN7O3/c1-2-15-13-30-24(28)21-22(32-34(23(15)21)17-6-5-11-33(14-17)26(36)37)18-9-8-16(12-19(18)27)25(35)31-20-7-3-4-10-29-20/h2-4,7-10,12-13,17H,1,5-6,11,14H2,(H2,28,30)(H,36,37)(H,29,31,35). The van der Waals surface area contributed by atoms with Gasteiger partial charge in [0.2, 0.25) is 0 Å². The van der Waals surface area contributed by atoms with Crippen LogP contribution in [-0.4, -0.2) is 54.8 Å². The van der Waals surface area contributed by atoms with Crippen LogP contribution in [0, 0.1) is 0 Å². The molecule has 1 atom stereocenters. The van der Waals surface area contributed by atoms with E-state index in [0.717, 1.165) is 12.0 Å². The number of hydrogen-bond donors (Lipinski definition) is 3. The van der Waals surface area contributed by atoms with E-state index < -0.39 is 6.09 Å². The topological polar surface area (TPSA) is 139 Å². The second kappa shape index (κ2) is 9.90. The molecule has 0 saturated carbocycles. The number of piperidine rings is 1. The molecule has 188 valence electrons. The van der Waals surface area contributed by atoms with Crippen molar-refractivity contribution in [2.75, 3.05) is 24.1 Å². The number of nitrogens with two attached hydrogens (primary N) is 1. The number of pyridine rings is 2. The second-order valence-corrected chi connectivity index (χ2v) is 9.12. The summed E-state index contributed by atoms with van der Waals surface area (Å²) >= 11 is 6.68. The van der Waals surface area contributed by atoms with Gasteiger partial charge in [-0.15, -0.1) is 0 Å². The van der Waals surface area contributed by atoms with Crippen LogP contribution in [0.5, 0.6) is 0 Å². The Balaban J connectivity index is 1.58. The first kappa shape index (κ1) is 24.3. The number of carboxylic acid groups (broad SMARTS) is 1. The van der Waals surface area contributed by atoms with Gasteiger partial charge < -0.3 is 21.1 Å². The van der Waals surface area contributed by atoms with E-state index in [1.807, 2.05) is 4.68 Å². The van der Waals surface area contributed by atoms with Gasteiger partial charge in [-0.25, -0.2) is 14.8 Å². The molecule has 37 heavy (non-hydrogen) atoms. The third-order valence-corrected chi connectivity index (χ3v) is 6.72. The molecule has 1 aromatic carbocycles. The molecule has 1 aliphatic rings. The molecule has 4 aromatic rings. The number of halogens is 1. The van der Waals surface area contributed by atoms with Gasteiger partial charge in [-0.1, -0.05) is 36.4 Å². The average Bonchev–Trinajstić information content (AvgIpc) is 3.31. The van der Waals surface area contributed by atoms with Crippen LogP contribution >= 0.6 is 11.6 Å². The number of anilines is 2. The van der Waals surface area contributed by atoms with Crippen molar-refractivity contribution in [3.8, 4) is 11.3 Å². The number of nitrogen functional groups attached to an aromatic ring is 1. The Bertz CT molecular complexity index is 1520. The second-order valence-electron chi connectivity index (χ2n) is 8.71. The van der Waals surface area contributed by atoms with E-state index in [1.165, 1.54) is 4.90 Å². The molecule has 0 aliphatic carbocycles. The third-order valence-electron chi connectivity index (χ3n) is 6.41. The summed E-state index contributed by atoms with van der Waals surface area (Å²) < 4.78 is 1.81. The van der Waals surface area contributed by atoms with Crippen LogP contribution < -0.4 is 11.1 Å². The quantitative estimate of drug-likeness (QED) is 0.340. The van der Waals surface area contributed by atoms with Gasteiger partial charge in [0.05, 0.1) is 22.0 Å². The highest BCUT2D eigenvalue weighted by molar-refractivity contribution is 6.34. The minimum absolute atomic E-state index is 0.205. The lowest BCUT2D eigenvalue weighted by Gasteiger charge is -2.31. The lowest BCUT2D eigenvalue weighted by molar-refractivity contribution is 0.102. The zero-order chi connectivity index (χ0) is 26.1. The Morgan fingerprint density at radius 3 is 2.78 bits per heavy atom. The molecule has 4 heterocycles. The van der Waals surface area contributed by atoms with E-state index in [0.29, 0.717) is 58.1 Å². The number of carbonyl (C=O) groups is 2. The Morgan fingerprint density at radius 1 is 1.24 bits per heavy atom. The zero-order valence-corrected chi connectivity index (χ0v) is 20.5. The summed E-state index contributed by atoms with van der Waals surface area (Å²) in [6.45, 7) is 4.68. The molecule has 0 spiro atoms. The number of likely N-dealkylation sites (tertiary alicyclic amines) is 1. The van der Waals surface area contributed by atoms with E-state index >= 15 is 0 Å². The molecular weight excluding hydrogens is 494 g/mol. The maximum absolute atomic E-state index is 12.7. The summed E-state index contributed by atoms with van der Waals surface area (Å²) in [6.07, 6.45) is 5.37. The summed E-state index contributed by atoms with van der Waals surface area (Å²) in [5.41, 5.74) is 9.18. The summed E-state index contributed by atoms with van der Waals surface area (Å²) in [6, 6.07) is 9.95. The average molecular weight is 518 g/mol. The first-order valence-corrected chi connectivity index (χ1v) is 12.0. The van der Waals surface area contributed by atoms with Crippen LogP contribution in [0.4, 0.5) is 16.4 Å². The summed E-state index contributed by atoms with van der Waals surface area (Å²) in [5.74, 6) is 0.338. The minimum atomic E-state index is -0.964. The number of amides is 2. The van der Waals surface area contributed by atoms with Crippen molar-refractivity contribution >= 4 is 52.2 Å². The number of nitrogens with one attached hydrogen (secondary N) is 1. The van der Waals surface area contributed by atoms with E-state index in [2.05, 4.69) is 21.9 Å². The molecule has 3 aromatic heterocycles. The molecule has 1 fully saturated rings. The first-order chi connectivity index (χ1) is 17.9. The summed E-state index contributed by atoms with van der Waals surface area (Å²) in [4.78, 5) is 34.2.